The maximum Gasteiger partial charge on any atom is 0.0688 e. The van der Waals surface area contributed by atoms with Crippen LogP contribution in [0.2, 0.25) is 0 Å². The Morgan fingerprint density at radius 1 is 1.45 bits per heavy atom. The van der Waals surface area contributed by atoms with Crippen molar-refractivity contribution in [2.45, 2.75) is 25.9 Å². The van der Waals surface area contributed by atoms with E-state index >= 15 is 0 Å². The van der Waals surface area contributed by atoms with Crippen LogP contribution in [0.25, 0.3) is 0 Å². The van der Waals surface area contributed by atoms with E-state index in [1.54, 1.807) is 0 Å². The van der Waals surface area contributed by atoms with Gasteiger partial charge in [0.25, 0.3) is 0 Å². The van der Waals surface area contributed by atoms with Crippen LogP contribution >= 0.6 is 0 Å². The smallest absolute Gasteiger partial charge is 0.0688 e. The molecule has 0 aromatic heterocycles. The molecule has 2 aliphatic heterocycles. The van der Waals surface area contributed by atoms with Crippen LogP contribution in [0.3, 0.4) is 0 Å². The van der Waals surface area contributed by atoms with Gasteiger partial charge in [0.05, 0.1) is 6.04 Å². The van der Waals surface area contributed by atoms with Crippen molar-refractivity contribution in [3.8, 4) is 11.8 Å². The predicted molar refractivity (Wildman–Crippen MR) is 43.9 cm³/mol. The lowest BCUT2D eigenvalue weighted by molar-refractivity contribution is 0.290. The Hall–Kier alpha value is -0.480. The molecule has 0 amide bonds. The average Bonchev–Trinajstić information content (AvgIpc) is 2.77. The molecule has 3 atom stereocenters. The summed E-state index contributed by atoms with van der Waals surface area (Å²) < 4.78 is 0. The monoisotopic (exact) mass is 147 g/mol. The molecule has 0 spiro atoms. The van der Waals surface area contributed by atoms with Crippen LogP contribution in [0.5, 0.6) is 0 Å². The van der Waals surface area contributed by atoms with E-state index in [1.165, 1.54) is 6.54 Å². The van der Waals surface area contributed by atoms with E-state index in [0.717, 1.165) is 23.8 Å². The molecule has 2 saturated carbocycles. The Bertz CT molecular complexity index is 243. The molecule has 58 valence electrons. The number of piperidine rings is 1. The first-order valence-corrected chi connectivity index (χ1v) is 4.52. The lowest BCUT2D eigenvalue weighted by atomic mass is 10.2. The molecular weight excluding hydrogens is 134 g/mol. The van der Waals surface area contributed by atoms with E-state index in [2.05, 4.69) is 23.7 Å². The third-order valence-corrected chi connectivity index (χ3v) is 3.60. The van der Waals surface area contributed by atoms with Crippen LogP contribution in [0.1, 0.15) is 13.8 Å². The fraction of sp³-hybridized carbons (Fsp3) is 0.800. The summed E-state index contributed by atoms with van der Waals surface area (Å²) in [7, 11) is 0. The lowest BCUT2D eigenvalue weighted by Gasteiger charge is -2.18. The summed E-state index contributed by atoms with van der Waals surface area (Å²) in [6, 6.07) is 1.49. The molecule has 4 fully saturated rings. The van der Waals surface area contributed by atoms with E-state index in [-0.39, 0.29) is 0 Å². The van der Waals surface area contributed by atoms with Crippen molar-refractivity contribution < 1.29 is 0 Å². The maximum atomic E-state index is 3.23. The molecule has 2 saturated heterocycles. The van der Waals surface area contributed by atoms with Gasteiger partial charge in [0.15, 0.2) is 0 Å². The minimum Gasteiger partial charge on any atom is -0.286 e. The minimum atomic E-state index is 0.519. The Balaban J connectivity index is 1.74. The maximum absolute atomic E-state index is 3.23. The Kier molecular flexibility index (Phi) is 0.908. The highest BCUT2D eigenvalue weighted by molar-refractivity contribution is 5.32. The normalized spacial score (nSPS) is 52.5. The second kappa shape index (κ2) is 1.64. The minimum absolute atomic E-state index is 0.519. The van der Waals surface area contributed by atoms with Gasteiger partial charge in [0.1, 0.15) is 0 Å². The van der Waals surface area contributed by atoms with Gasteiger partial charge in [-0.2, -0.15) is 0 Å². The largest absolute Gasteiger partial charge is 0.286 e. The molecule has 4 rings (SSSR count). The molecular formula is C10H13N. The van der Waals surface area contributed by atoms with Crippen LogP contribution in [0, 0.1) is 29.6 Å². The highest BCUT2D eigenvalue weighted by atomic mass is 15.3. The van der Waals surface area contributed by atoms with Crippen molar-refractivity contribution in [3.63, 3.8) is 0 Å². The van der Waals surface area contributed by atoms with Crippen molar-refractivity contribution in [3.05, 3.63) is 0 Å². The zero-order chi connectivity index (χ0) is 7.59. The van der Waals surface area contributed by atoms with Crippen LogP contribution in [-0.2, 0) is 0 Å². The molecule has 11 heavy (non-hydrogen) atoms. The molecule has 2 aliphatic carbocycles. The molecule has 1 nitrogen and oxygen atoms in total. The molecule has 2 bridgehead atoms. The van der Waals surface area contributed by atoms with Crippen LogP contribution in [-0.4, -0.2) is 23.5 Å². The molecule has 4 aliphatic rings. The van der Waals surface area contributed by atoms with Crippen molar-refractivity contribution in [1.29, 1.82) is 0 Å². The fourth-order valence-corrected chi connectivity index (χ4v) is 2.89. The highest BCUT2D eigenvalue weighted by Crippen LogP contribution is 2.75. The summed E-state index contributed by atoms with van der Waals surface area (Å²) in [6.45, 7) is 5.51. The summed E-state index contributed by atoms with van der Waals surface area (Å²) in [5.41, 5.74) is 0. The third kappa shape index (κ3) is 0.578. The number of nitrogens with zero attached hydrogens (tertiary/aromatic N) is 1. The van der Waals surface area contributed by atoms with Crippen molar-refractivity contribution >= 4 is 0 Å². The summed E-state index contributed by atoms with van der Waals surface area (Å²) in [5.74, 6) is 9.58. The van der Waals surface area contributed by atoms with Gasteiger partial charge in [0.2, 0.25) is 0 Å². The third-order valence-electron chi connectivity index (χ3n) is 3.60. The summed E-state index contributed by atoms with van der Waals surface area (Å²) in [5, 5.41) is 0. The van der Waals surface area contributed by atoms with E-state index < -0.39 is 0 Å². The van der Waals surface area contributed by atoms with E-state index in [1.807, 2.05) is 6.92 Å². The zero-order valence-electron chi connectivity index (χ0n) is 7.04. The quantitative estimate of drug-likeness (QED) is 0.499. The van der Waals surface area contributed by atoms with Gasteiger partial charge in [-0.1, -0.05) is 5.92 Å². The molecule has 2 heterocycles. The molecule has 0 radical (unpaired) electrons. The highest BCUT2D eigenvalue weighted by Gasteiger charge is 2.80. The average molecular weight is 147 g/mol. The Labute approximate surface area is 67.8 Å². The summed E-state index contributed by atoms with van der Waals surface area (Å²) in [4.78, 5) is 2.59. The van der Waals surface area contributed by atoms with Gasteiger partial charge >= 0.3 is 0 Å². The van der Waals surface area contributed by atoms with Crippen LogP contribution < -0.4 is 0 Å². The number of rotatable bonds is 1. The summed E-state index contributed by atoms with van der Waals surface area (Å²) >= 11 is 0. The zero-order valence-corrected chi connectivity index (χ0v) is 7.04. The van der Waals surface area contributed by atoms with Gasteiger partial charge in [-0.15, -0.1) is 5.92 Å². The van der Waals surface area contributed by atoms with Crippen molar-refractivity contribution in [2.24, 2.45) is 17.8 Å². The molecule has 2 unspecified atom stereocenters. The standard InChI is InChI=1S/C10H13N/c1-3-4-6(2)11-5-7-8-9(7)10(8)11/h6-10H,5H2,1-2H3/t6-,7?,8?,9?,10?/m0/s1. The number of fused-ring (bicyclic) bond motifs is 1. The summed E-state index contributed by atoms with van der Waals surface area (Å²) in [6.07, 6.45) is 0. The number of hydrogen-bond donors (Lipinski definition) is 0. The van der Waals surface area contributed by atoms with Crippen LogP contribution in [0.15, 0.2) is 0 Å². The predicted octanol–water partition coefficient (Wildman–Crippen LogP) is 0.958. The first kappa shape index (κ1) is 6.08. The van der Waals surface area contributed by atoms with E-state index in [4.69, 9.17) is 0 Å². The van der Waals surface area contributed by atoms with Gasteiger partial charge in [-0.05, 0) is 31.6 Å². The molecule has 0 aromatic carbocycles. The second-order valence-electron chi connectivity index (χ2n) is 4.08. The molecule has 0 N–H and O–H groups in total. The van der Waals surface area contributed by atoms with Gasteiger partial charge < -0.3 is 0 Å². The van der Waals surface area contributed by atoms with Gasteiger partial charge in [0, 0.05) is 12.6 Å². The second-order valence-corrected chi connectivity index (χ2v) is 4.08. The van der Waals surface area contributed by atoms with Crippen molar-refractivity contribution in [1.82, 2.24) is 4.90 Å². The molecule has 1 heteroatoms. The lowest BCUT2D eigenvalue weighted by Crippen LogP contribution is -2.30. The van der Waals surface area contributed by atoms with Crippen molar-refractivity contribution in [2.75, 3.05) is 6.54 Å². The van der Waals surface area contributed by atoms with Crippen LogP contribution in [0.4, 0.5) is 0 Å². The van der Waals surface area contributed by atoms with E-state index in [0.29, 0.717) is 6.04 Å². The first-order chi connectivity index (χ1) is 5.34. The van der Waals surface area contributed by atoms with E-state index in [9.17, 15) is 0 Å². The van der Waals surface area contributed by atoms with Gasteiger partial charge in [-0.3, -0.25) is 4.90 Å². The Morgan fingerprint density at radius 2 is 2.18 bits per heavy atom. The SMILES string of the molecule is CC#C[C@H](C)N1CC2C3C2C31. The van der Waals surface area contributed by atoms with Gasteiger partial charge in [-0.25, -0.2) is 0 Å². The fourth-order valence-electron chi connectivity index (χ4n) is 2.89. The Morgan fingerprint density at radius 3 is 2.64 bits per heavy atom. The topological polar surface area (TPSA) is 3.24 Å². The number of hydrogen-bond acceptors (Lipinski definition) is 1. The first-order valence-electron chi connectivity index (χ1n) is 4.52. The molecule has 0 aromatic rings.